The summed E-state index contributed by atoms with van der Waals surface area (Å²) >= 11 is 1.27. The highest BCUT2D eigenvalue weighted by molar-refractivity contribution is 7.91. The van der Waals surface area contributed by atoms with Gasteiger partial charge in [0.05, 0.1) is 6.42 Å². The number of carbonyl (C=O) groups is 1. The van der Waals surface area contributed by atoms with Crippen molar-refractivity contribution in [2.24, 2.45) is 5.92 Å². The largest absolute Gasteiger partial charge is 0.339 e. The smallest absolute Gasteiger partial charge is 0.252 e. The van der Waals surface area contributed by atoms with Gasteiger partial charge in [-0.3, -0.25) is 4.79 Å². The van der Waals surface area contributed by atoms with Crippen molar-refractivity contribution in [3.05, 3.63) is 17.0 Å². The van der Waals surface area contributed by atoms with Crippen LogP contribution in [0.15, 0.2) is 16.3 Å². The minimum atomic E-state index is -3.37. The summed E-state index contributed by atoms with van der Waals surface area (Å²) < 4.78 is 27.3. The molecule has 1 saturated carbocycles. The van der Waals surface area contributed by atoms with Gasteiger partial charge in [0, 0.05) is 30.6 Å². The van der Waals surface area contributed by atoms with Crippen LogP contribution in [-0.4, -0.2) is 49.2 Å². The molecule has 3 aliphatic rings. The molecule has 4 rings (SSSR count). The number of nitrogens with zero attached hydrogens (tertiary/aromatic N) is 2. The van der Waals surface area contributed by atoms with Crippen LogP contribution < -0.4 is 0 Å². The fourth-order valence-electron chi connectivity index (χ4n) is 4.83. The molecular weight excluding hydrogens is 368 g/mol. The quantitative estimate of drug-likeness (QED) is 0.785. The topological polar surface area (TPSA) is 57.7 Å². The van der Waals surface area contributed by atoms with Crippen molar-refractivity contribution in [3.63, 3.8) is 0 Å². The SMILES string of the molecule is O=C(Cc1ccc(S(=O)(=O)N2CCCC2)s1)N1CCCC2CCCCC21. The number of likely N-dealkylation sites (tertiary alicyclic amines) is 1. The molecule has 3 heterocycles. The van der Waals surface area contributed by atoms with Crippen LogP contribution >= 0.6 is 11.3 Å². The molecule has 7 heteroatoms. The minimum Gasteiger partial charge on any atom is -0.339 e. The van der Waals surface area contributed by atoms with Crippen molar-refractivity contribution in [1.82, 2.24) is 9.21 Å². The molecule has 2 unspecified atom stereocenters. The molecule has 0 bridgehead atoms. The van der Waals surface area contributed by atoms with Gasteiger partial charge in [-0.2, -0.15) is 4.31 Å². The third-order valence-corrected chi connectivity index (χ3v) is 9.64. The van der Waals surface area contributed by atoms with E-state index in [2.05, 4.69) is 4.90 Å². The Balaban J connectivity index is 1.44. The van der Waals surface area contributed by atoms with Gasteiger partial charge in [0.15, 0.2) is 0 Å². The van der Waals surface area contributed by atoms with Gasteiger partial charge >= 0.3 is 0 Å². The number of fused-ring (bicyclic) bond motifs is 1. The lowest BCUT2D eigenvalue weighted by Gasteiger charge is -2.44. The number of sulfonamides is 1. The molecule has 0 aromatic carbocycles. The van der Waals surface area contributed by atoms with Gasteiger partial charge in [-0.05, 0) is 56.6 Å². The maximum atomic E-state index is 12.9. The summed E-state index contributed by atoms with van der Waals surface area (Å²) in [6, 6.07) is 3.92. The zero-order chi connectivity index (χ0) is 18.1. The van der Waals surface area contributed by atoms with Crippen LogP contribution in [0.4, 0.5) is 0 Å². The van der Waals surface area contributed by atoms with E-state index in [0.717, 1.165) is 37.1 Å². The lowest BCUT2D eigenvalue weighted by molar-refractivity contribution is -0.136. The Morgan fingerprint density at radius 2 is 1.73 bits per heavy atom. The van der Waals surface area contributed by atoms with Crippen molar-refractivity contribution in [1.29, 1.82) is 0 Å². The zero-order valence-electron chi connectivity index (χ0n) is 15.2. The molecule has 1 aromatic rings. The van der Waals surface area contributed by atoms with Crippen molar-refractivity contribution in [3.8, 4) is 0 Å². The van der Waals surface area contributed by atoms with Gasteiger partial charge in [0.2, 0.25) is 5.91 Å². The summed E-state index contributed by atoms with van der Waals surface area (Å²) in [5.41, 5.74) is 0. The Kier molecular flexibility index (Phi) is 5.39. The van der Waals surface area contributed by atoms with Gasteiger partial charge in [0.1, 0.15) is 4.21 Å². The lowest BCUT2D eigenvalue weighted by atomic mass is 9.78. The molecule has 1 amide bonds. The predicted molar refractivity (Wildman–Crippen MR) is 103 cm³/mol. The summed E-state index contributed by atoms with van der Waals surface area (Å²) in [4.78, 5) is 15.9. The number of carbonyl (C=O) groups excluding carboxylic acids is 1. The Hall–Kier alpha value is -0.920. The molecule has 26 heavy (non-hydrogen) atoms. The summed E-state index contributed by atoms with van der Waals surface area (Å²) in [7, 11) is -3.37. The van der Waals surface area contributed by atoms with E-state index in [0.29, 0.717) is 35.7 Å². The van der Waals surface area contributed by atoms with E-state index < -0.39 is 10.0 Å². The number of thiophene rings is 1. The van der Waals surface area contributed by atoms with Gasteiger partial charge < -0.3 is 4.90 Å². The standard InChI is InChI=1S/C19H28N2O3S2/c22-18(21-13-5-7-15-6-1-2-8-17(15)21)14-16-9-10-19(25-16)26(23,24)20-11-3-4-12-20/h9-10,15,17H,1-8,11-14H2. The number of hydrogen-bond donors (Lipinski definition) is 0. The van der Waals surface area contributed by atoms with E-state index in [1.54, 1.807) is 10.4 Å². The van der Waals surface area contributed by atoms with Gasteiger partial charge in [-0.25, -0.2) is 8.42 Å². The normalized spacial score (nSPS) is 27.5. The summed E-state index contributed by atoms with van der Waals surface area (Å²) in [5.74, 6) is 0.851. The van der Waals surface area contributed by atoms with Crippen molar-refractivity contribution in [2.45, 2.75) is 68.0 Å². The van der Waals surface area contributed by atoms with Gasteiger partial charge in [-0.1, -0.05) is 12.8 Å². The fraction of sp³-hybridized carbons (Fsp3) is 0.737. The lowest BCUT2D eigenvalue weighted by Crippen LogP contribution is -2.50. The highest BCUT2D eigenvalue weighted by Gasteiger charge is 2.36. The third kappa shape index (κ3) is 3.58. The molecular formula is C19H28N2O3S2. The second-order valence-corrected chi connectivity index (χ2v) is 11.2. The van der Waals surface area contributed by atoms with Crippen molar-refractivity contribution >= 4 is 27.3 Å². The van der Waals surface area contributed by atoms with Gasteiger partial charge in [0.25, 0.3) is 10.0 Å². The molecule has 2 saturated heterocycles. The Bertz CT molecular complexity index is 751. The number of hydrogen-bond acceptors (Lipinski definition) is 4. The highest BCUT2D eigenvalue weighted by Crippen LogP contribution is 2.36. The van der Waals surface area contributed by atoms with E-state index >= 15 is 0 Å². The Morgan fingerprint density at radius 3 is 2.54 bits per heavy atom. The Labute approximate surface area is 160 Å². The summed E-state index contributed by atoms with van der Waals surface area (Å²) in [6.07, 6.45) is 9.48. The van der Waals surface area contributed by atoms with E-state index in [4.69, 9.17) is 0 Å². The summed E-state index contributed by atoms with van der Waals surface area (Å²) in [5, 5.41) is 0. The van der Waals surface area contributed by atoms with E-state index in [9.17, 15) is 13.2 Å². The molecule has 2 atom stereocenters. The number of amides is 1. The van der Waals surface area contributed by atoms with Crippen LogP contribution in [0, 0.1) is 5.92 Å². The first kappa shape index (κ1) is 18.4. The van der Waals surface area contributed by atoms with Crippen LogP contribution in [-0.2, 0) is 21.2 Å². The van der Waals surface area contributed by atoms with Crippen molar-refractivity contribution in [2.75, 3.05) is 19.6 Å². The van der Waals surface area contributed by atoms with E-state index in [-0.39, 0.29) is 5.91 Å². The number of rotatable bonds is 4. The molecule has 3 fully saturated rings. The molecule has 5 nitrogen and oxygen atoms in total. The molecule has 1 aromatic heterocycles. The minimum absolute atomic E-state index is 0.175. The van der Waals surface area contributed by atoms with E-state index in [1.165, 1.54) is 37.0 Å². The fourth-order valence-corrected chi connectivity index (χ4v) is 7.85. The highest BCUT2D eigenvalue weighted by atomic mass is 32.2. The van der Waals surface area contributed by atoms with Crippen LogP contribution in [0.5, 0.6) is 0 Å². The van der Waals surface area contributed by atoms with Crippen LogP contribution in [0.25, 0.3) is 0 Å². The third-order valence-electron chi connectivity index (χ3n) is 6.19. The second-order valence-electron chi connectivity index (χ2n) is 7.85. The first-order valence-corrected chi connectivity index (χ1v) is 12.2. The van der Waals surface area contributed by atoms with Crippen molar-refractivity contribution < 1.29 is 13.2 Å². The molecule has 1 aliphatic carbocycles. The zero-order valence-corrected chi connectivity index (χ0v) is 16.9. The van der Waals surface area contributed by atoms with Crippen LogP contribution in [0.2, 0.25) is 0 Å². The average Bonchev–Trinajstić information content (AvgIpc) is 3.33. The number of piperidine rings is 1. The second kappa shape index (κ2) is 7.60. The Morgan fingerprint density at radius 1 is 1.00 bits per heavy atom. The maximum Gasteiger partial charge on any atom is 0.252 e. The summed E-state index contributed by atoms with van der Waals surface area (Å²) in [6.45, 7) is 2.10. The molecule has 0 spiro atoms. The molecule has 2 aliphatic heterocycles. The maximum absolute atomic E-state index is 12.9. The van der Waals surface area contributed by atoms with Crippen LogP contribution in [0.1, 0.15) is 56.2 Å². The van der Waals surface area contributed by atoms with Gasteiger partial charge in [-0.15, -0.1) is 11.3 Å². The molecule has 144 valence electrons. The van der Waals surface area contributed by atoms with Crippen LogP contribution in [0.3, 0.4) is 0 Å². The first-order chi connectivity index (χ1) is 12.6. The monoisotopic (exact) mass is 396 g/mol. The first-order valence-electron chi connectivity index (χ1n) is 9.94. The predicted octanol–water partition coefficient (Wildman–Crippen LogP) is 3.26. The average molecular weight is 397 g/mol. The molecule has 0 radical (unpaired) electrons. The van der Waals surface area contributed by atoms with E-state index in [1.807, 2.05) is 6.07 Å². The molecule has 0 N–H and O–H groups in total.